The van der Waals surface area contributed by atoms with Gasteiger partial charge in [-0.05, 0) is 38.5 Å². The molecule has 1 N–H and O–H groups in total. The van der Waals surface area contributed by atoms with Crippen LogP contribution in [-0.2, 0) is 4.79 Å². The summed E-state index contributed by atoms with van der Waals surface area (Å²) in [5, 5.41) is 8.85. The average Bonchev–Trinajstić information content (AvgIpc) is 2.35. The molecule has 5 heteroatoms. The molecule has 104 valence electrons. The lowest BCUT2D eigenvalue weighted by molar-refractivity contribution is -0.138. The van der Waals surface area contributed by atoms with Gasteiger partial charge in [0.2, 0.25) is 0 Å². The van der Waals surface area contributed by atoms with E-state index in [1.807, 2.05) is 6.92 Å². The van der Waals surface area contributed by atoms with Gasteiger partial charge in [-0.1, -0.05) is 6.07 Å². The molecule has 1 aromatic carbocycles. The lowest BCUT2D eigenvalue weighted by atomic mass is 10.1. The summed E-state index contributed by atoms with van der Waals surface area (Å²) in [6.45, 7) is 5.13. The third-order valence-corrected chi connectivity index (χ3v) is 2.84. The molecule has 0 saturated carbocycles. The van der Waals surface area contributed by atoms with Crippen LogP contribution in [-0.4, -0.2) is 41.6 Å². The molecule has 5 nitrogen and oxygen atoms in total. The Balaban J connectivity index is 3.06. The van der Waals surface area contributed by atoms with Crippen molar-refractivity contribution in [1.29, 1.82) is 0 Å². The van der Waals surface area contributed by atoms with E-state index in [9.17, 15) is 9.59 Å². The van der Waals surface area contributed by atoms with Crippen LogP contribution in [0.1, 0.15) is 29.8 Å². The Morgan fingerprint density at radius 2 is 2.00 bits per heavy atom. The minimum Gasteiger partial charge on any atom is -0.496 e. The van der Waals surface area contributed by atoms with Gasteiger partial charge in [0.05, 0.1) is 7.11 Å². The molecule has 0 aliphatic heterocycles. The van der Waals surface area contributed by atoms with Gasteiger partial charge in [0.25, 0.3) is 5.91 Å². The van der Waals surface area contributed by atoms with Crippen molar-refractivity contribution in [3.05, 3.63) is 29.3 Å². The summed E-state index contributed by atoms with van der Waals surface area (Å²) >= 11 is 0. The van der Waals surface area contributed by atoms with Crippen LogP contribution in [0.25, 0.3) is 0 Å². The summed E-state index contributed by atoms with van der Waals surface area (Å²) in [5.41, 5.74) is 1.35. The van der Waals surface area contributed by atoms with Crippen molar-refractivity contribution in [3.8, 4) is 5.75 Å². The molecule has 1 rings (SSSR count). The first-order valence-electron chi connectivity index (χ1n) is 6.04. The van der Waals surface area contributed by atoms with Gasteiger partial charge in [0.1, 0.15) is 12.3 Å². The van der Waals surface area contributed by atoms with Gasteiger partial charge in [-0.2, -0.15) is 0 Å². The summed E-state index contributed by atoms with van der Waals surface area (Å²) < 4.78 is 5.17. The second-order valence-corrected chi connectivity index (χ2v) is 4.60. The van der Waals surface area contributed by atoms with Crippen molar-refractivity contribution in [3.63, 3.8) is 0 Å². The van der Waals surface area contributed by atoms with E-state index < -0.39 is 5.97 Å². The van der Waals surface area contributed by atoms with Crippen molar-refractivity contribution in [2.24, 2.45) is 0 Å². The molecule has 0 spiro atoms. The summed E-state index contributed by atoms with van der Waals surface area (Å²) in [7, 11) is 1.54. The Bertz CT molecular complexity index is 482. The topological polar surface area (TPSA) is 66.8 Å². The largest absolute Gasteiger partial charge is 0.496 e. The maximum Gasteiger partial charge on any atom is 0.323 e. The van der Waals surface area contributed by atoms with Crippen molar-refractivity contribution in [2.45, 2.75) is 26.8 Å². The number of hydrogen-bond acceptors (Lipinski definition) is 3. The molecule has 1 amide bonds. The van der Waals surface area contributed by atoms with Crippen LogP contribution in [0.5, 0.6) is 5.75 Å². The molecular formula is C14H19NO4. The lowest BCUT2D eigenvalue weighted by Gasteiger charge is -2.25. The van der Waals surface area contributed by atoms with Crippen LogP contribution in [0.3, 0.4) is 0 Å². The number of carbonyl (C=O) groups is 2. The summed E-state index contributed by atoms with van der Waals surface area (Å²) in [6.07, 6.45) is 0. The first-order valence-corrected chi connectivity index (χ1v) is 6.04. The number of aliphatic carboxylic acids is 1. The number of ether oxygens (including phenoxy) is 1. The van der Waals surface area contributed by atoms with Crippen LogP contribution >= 0.6 is 0 Å². The molecule has 0 aromatic heterocycles. The van der Waals surface area contributed by atoms with Gasteiger partial charge < -0.3 is 14.7 Å². The van der Waals surface area contributed by atoms with Gasteiger partial charge in [0.15, 0.2) is 0 Å². The van der Waals surface area contributed by atoms with E-state index in [0.717, 1.165) is 5.56 Å². The molecule has 0 aliphatic rings. The molecule has 0 radical (unpaired) electrons. The Morgan fingerprint density at radius 3 is 2.47 bits per heavy atom. The Hall–Kier alpha value is -2.04. The minimum absolute atomic E-state index is 0.184. The molecule has 1 aromatic rings. The Kier molecular flexibility index (Phi) is 4.92. The first kappa shape index (κ1) is 15.0. The van der Waals surface area contributed by atoms with Gasteiger partial charge in [0, 0.05) is 11.6 Å². The molecule has 0 fully saturated rings. The maximum atomic E-state index is 12.3. The first-order chi connectivity index (χ1) is 8.86. The molecule has 19 heavy (non-hydrogen) atoms. The molecule has 0 bridgehead atoms. The Morgan fingerprint density at radius 1 is 1.37 bits per heavy atom. The van der Waals surface area contributed by atoms with Crippen molar-refractivity contribution in [1.82, 2.24) is 4.90 Å². The zero-order chi connectivity index (χ0) is 14.6. The van der Waals surface area contributed by atoms with Crippen LogP contribution in [0.15, 0.2) is 18.2 Å². The minimum atomic E-state index is -1.03. The SMILES string of the molecule is COc1cc(C(=O)N(CC(=O)O)C(C)C)ccc1C. The lowest BCUT2D eigenvalue weighted by Crippen LogP contribution is -2.40. The van der Waals surface area contributed by atoms with E-state index in [1.54, 1.807) is 32.0 Å². The number of carbonyl (C=O) groups excluding carboxylic acids is 1. The summed E-state index contributed by atoms with van der Waals surface area (Å²) in [5.74, 6) is -0.721. The third-order valence-electron chi connectivity index (χ3n) is 2.84. The maximum absolute atomic E-state index is 12.3. The Labute approximate surface area is 112 Å². The highest BCUT2D eigenvalue weighted by molar-refractivity contribution is 5.96. The van der Waals surface area contributed by atoms with E-state index in [4.69, 9.17) is 9.84 Å². The van der Waals surface area contributed by atoms with Crippen molar-refractivity contribution >= 4 is 11.9 Å². The number of amides is 1. The van der Waals surface area contributed by atoms with Gasteiger partial charge >= 0.3 is 5.97 Å². The van der Waals surface area contributed by atoms with Crippen molar-refractivity contribution < 1.29 is 19.4 Å². The normalized spacial score (nSPS) is 10.4. The van der Waals surface area contributed by atoms with E-state index >= 15 is 0 Å². The summed E-state index contributed by atoms with van der Waals surface area (Å²) in [6, 6.07) is 4.91. The molecular weight excluding hydrogens is 246 g/mol. The second-order valence-electron chi connectivity index (χ2n) is 4.60. The van der Waals surface area contributed by atoms with Crippen molar-refractivity contribution in [2.75, 3.05) is 13.7 Å². The third kappa shape index (κ3) is 3.71. The second kappa shape index (κ2) is 6.22. The zero-order valence-corrected chi connectivity index (χ0v) is 11.6. The van der Waals surface area contributed by atoms with Gasteiger partial charge in [-0.15, -0.1) is 0 Å². The fraction of sp³-hybridized carbons (Fsp3) is 0.429. The number of methoxy groups -OCH3 is 1. The monoisotopic (exact) mass is 265 g/mol. The number of carboxylic acid groups (broad SMARTS) is 1. The van der Waals surface area contributed by atoms with Crippen LogP contribution in [0.4, 0.5) is 0 Å². The molecule has 0 aliphatic carbocycles. The van der Waals surface area contributed by atoms with E-state index in [2.05, 4.69) is 0 Å². The highest BCUT2D eigenvalue weighted by Crippen LogP contribution is 2.20. The molecule has 0 heterocycles. The predicted molar refractivity (Wildman–Crippen MR) is 71.5 cm³/mol. The average molecular weight is 265 g/mol. The number of carboxylic acids is 1. The summed E-state index contributed by atoms with van der Waals surface area (Å²) in [4.78, 5) is 24.4. The fourth-order valence-corrected chi connectivity index (χ4v) is 1.75. The highest BCUT2D eigenvalue weighted by Gasteiger charge is 2.21. The fourth-order valence-electron chi connectivity index (χ4n) is 1.75. The molecule has 0 saturated heterocycles. The number of hydrogen-bond donors (Lipinski definition) is 1. The van der Waals surface area contributed by atoms with E-state index in [1.165, 1.54) is 12.0 Å². The van der Waals surface area contributed by atoms with Crippen LogP contribution in [0, 0.1) is 6.92 Å². The van der Waals surface area contributed by atoms with Crippen LogP contribution < -0.4 is 4.74 Å². The number of benzene rings is 1. The predicted octanol–water partition coefficient (Wildman–Crippen LogP) is 1.94. The smallest absolute Gasteiger partial charge is 0.323 e. The number of nitrogens with zero attached hydrogens (tertiary/aromatic N) is 1. The van der Waals surface area contributed by atoms with Gasteiger partial charge in [-0.25, -0.2) is 0 Å². The van der Waals surface area contributed by atoms with E-state index in [-0.39, 0.29) is 18.5 Å². The highest BCUT2D eigenvalue weighted by atomic mass is 16.5. The molecule has 0 atom stereocenters. The number of aryl methyl sites for hydroxylation is 1. The zero-order valence-electron chi connectivity index (χ0n) is 11.6. The van der Waals surface area contributed by atoms with E-state index in [0.29, 0.717) is 11.3 Å². The van der Waals surface area contributed by atoms with Gasteiger partial charge in [-0.3, -0.25) is 9.59 Å². The molecule has 0 unspecified atom stereocenters. The standard InChI is InChI=1S/C14H19NO4/c1-9(2)15(8-13(16)17)14(18)11-6-5-10(3)12(7-11)19-4/h5-7,9H,8H2,1-4H3,(H,16,17). The number of rotatable bonds is 5. The quantitative estimate of drug-likeness (QED) is 0.883. The van der Waals surface area contributed by atoms with Crippen LogP contribution in [0.2, 0.25) is 0 Å².